The number of pyridine rings is 2. The molecular formula is C22H23N5O2. The number of carbonyl (C=O) groups is 1. The van der Waals surface area contributed by atoms with Crippen molar-refractivity contribution in [2.45, 2.75) is 51.2 Å². The van der Waals surface area contributed by atoms with Crippen molar-refractivity contribution in [3.8, 4) is 12.1 Å². The molecule has 1 aliphatic rings. The van der Waals surface area contributed by atoms with Crippen molar-refractivity contribution in [3.63, 3.8) is 0 Å². The van der Waals surface area contributed by atoms with Crippen LogP contribution in [-0.2, 0) is 4.74 Å². The second-order valence-corrected chi connectivity index (χ2v) is 8.08. The molecule has 1 aliphatic heterocycles. The Hall–Kier alpha value is -3.45. The third kappa shape index (κ3) is 4.89. The molecule has 3 heterocycles. The number of ether oxygens (including phenoxy) is 1. The molecule has 7 nitrogen and oxygen atoms in total. The summed E-state index contributed by atoms with van der Waals surface area (Å²) in [4.78, 5) is 23.4. The number of rotatable bonds is 2. The highest BCUT2D eigenvalue weighted by Crippen LogP contribution is 2.39. The van der Waals surface area contributed by atoms with E-state index in [4.69, 9.17) is 15.3 Å². The van der Waals surface area contributed by atoms with E-state index < -0.39 is 5.60 Å². The van der Waals surface area contributed by atoms with E-state index in [1.807, 2.05) is 26.8 Å². The minimum absolute atomic E-state index is 0.129. The number of piperidine rings is 1. The number of aromatic nitrogens is 2. The van der Waals surface area contributed by atoms with Crippen LogP contribution in [0.3, 0.4) is 0 Å². The Bertz CT molecular complexity index is 949. The summed E-state index contributed by atoms with van der Waals surface area (Å²) in [6, 6.07) is 11.0. The van der Waals surface area contributed by atoms with Crippen LogP contribution in [0.5, 0.6) is 0 Å². The van der Waals surface area contributed by atoms with Crippen LogP contribution in [0, 0.1) is 22.7 Å². The van der Waals surface area contributed by atoms with Gasteiger partial charge in [-0.1, -0.05) is 0 Å². The number of hydrogen-bond acceptors (Lipinski definition) is 6. The van der Waals surface area contributed by atoms with E-state index >= 15 is 0 Å². The van der Waals surface area contributed by atoms with Crippen LogP contribution in [0.15, 0.2) is 36.7 Å². The van der Waals surface area contributed by atoms with Gasteiger partial charge < -0.3 is 4.74 Å². The Morgan fingerprint density at radius 2 is 1.66 bits per heavy atom. The monoisotopic (exact) mass is 389 g/mol. The Labute approximate surface area is 170 Å². The lowest BCUT2D eigenvalue weighted by Crippen LogP contribution is -2.43. The molecule has 0 saturated carbocycles. The molecule has 1 saturated heterocycles. The smallest absolute Gasteiger partial charge is 0.410 e. The van der Waals surface area contributed by atoms with Crippen molar-refractivity contribution in [2.24, 2.45) is 0 Å². The number of nitrogens with zero attached hydrogens (tertiary/aromatic N) is 5. The van der Waals surface area contributed by atoms with Crippen LogP contribution in [-0.4, -0.2) is 33.1 Å². The fourth-order valence-electron chi connectivity index (χ4n) is 3.43. The molecule has 148 valence electrons. The van der Waals surface area contributed by atoms with Gasteiger partial charge in [-0.25, -0.2) is 4.79 Å². The third-order valence-electron chi connectivity index (χ3n) is 4.82. The third-order valence-corrected chi connectivity index (χ3v) is 4.82. The van der Waals surface area contributed by atoms with Crippen LogP contribution >= 0.6 is 0 Å². The van der Waals surface area contributed by atoms with E-state index in [1.165, 1.54) is 6.20 Å². The first-order valence-electron chi connectivity index (χ1n) is 9.52. The molecule has 2 aromatic rings. The van der Waals surface area contributed by atoms with Crippen LogP contribution in [0.4, 0.5) is 4.79 Å². The SMILES string of the molecule is CC(C)(C)OC(=O)N1CCC(c2ccc(C#N)cn2)CC1c1ccc(C#N)cn1. The van der Waals surface area contributed by atoms with Crippen molar-refractivity contribution in [3.05, 3.63) is 59.2 Å². The van der Waals surface area contributed by atoms with Crippen molar-refractivity contribution < 1.29 is 9.53 Å². The van der Waals surface area contributed by atoms with Gasteiger partial charge in [-0.2, -0.15) is 10.5 Å². The van der Waals surface area contributed by atoms with E-state index in [-0.39, 0.29) is 18.1 Å². The first-order chi connectivity index (χ1) is 13.8. The first kappa shape index (κ1) is 20.3. The minimum atomic E-state index is -0.592. The highest BCUT2D eigenvalue weighted by atomic mass is 16.6. The Morgan fingerprint density at radius 1 is 1.07 bits per heavy atom. The zero-order valence-electron chi connectivity index (χ0n) is 16.8. The lowest BCUT2D eigenvalue weighted by Gasteiger charge is -2.39. The van der Waals surface area contributed by atoms with Crippen LogP contribution in [0.2, 0.25) is 0 Å². The molecule has 2 aromatic heterocycles. The molecule has 1 amide bonds. The van der Waals surface area contributed by atoms with Crippen LogP contribution in [0.25, 0.3) is 0 Å². The molecule has 7 heteroatoms. The van der Waals surface area contributed by atoms with Gasteiger partial charge in [-0.05, 0) is 57.9 Å². The highest BCUT2D eigenvalue weighted by molar-refractivity contribution is 5.69. The number of hydrogen-bond donors (Lipinski definition) is 0. The Kier molecular flexibility index (Phi) is 5.79. The standard InChI is InChI=1S/C22H23N5O2/c1-22(2,3)29-21(28)27-9-8-17(18-6-4-15(11-23)13-25-18)10-20(27)19-7-5-16(12-24)14-26-19/h4-7,13-14,17,20H,8-10H2,1-3H3. The molecule has 0 aromatic carbocycles. The fraction of sp³-hybridized carbons (Fsp3) is 0.409. The van der Waals surface area contributed by atoms with Gasteiger partial charge in [0.2, 0.25) is 0 Å². The number of amides is 1. The first-order valence-corrected chi connectivity index (χ1v) is 9.52. The second kappa shape index (κ2) is 8.28. The van der Waals surface area contributed by atoms with Gasteiger partial charge in [0.15, 0.2) is 0 Å². The van der Waals surface area contributed by atoms with Crippen molar-refractivity contribution in [2.75, 3.05) is 6.54 Å². The average molecular weight is 389 g/mol. The molecule has 0 bridgehead atoms. The Balaban J connectivity index is 1.88. The minimum Gasteiger partial charge on any atom is -0.444 e. The van der Waals surface area contributed by atoms with Gasteiger partial charge >= 0.3 is 6.09 Å². The highest BCUT2D eigenvalue weighted by Gasteiger charge is 2.36. The molecule has 0 aliphatic carbocycles. The molecular weight excluding hydrogens is 366 g/mol. The number of carbonyl (C=O) groups excluding carboxylic acids is 1. The van der Waals surface area contributed by atoms with Crippen molar-refractivity contribution in [1.82, 2.24) is 14.9 Å². The molecule has 0 radical (unpaired) electrons. The summed E-state index contributed by atoms with van der Waals surface area (Å²) in [6.07, 6.45) is 4.10. The summed E-state index contributed by atoms with van der Waals surface area (Å²) < 4.78 is 5.60. The fourth-order valence-corrected chi connectivity index (χ4v) is 3.43. The Morgan fingerprint density at radius 3 is 2.14 bits per heavy atom. The molecule has 29 heavy (non-hydrogen) atoms. The normalized spacial score (nSPS) is 19.1. The molecule has 3 rings (SSSR count). The maximum Gasteiger partial charge on any atom is 0.410 e. The zero-order valence-corrected chi connectivity index (χ0v) is 16.8. The summed E-state index contributed by atoms with van der Waals surface area (Å²) in [5, 5.41) is 18.0. The lowest BCUT2D eigenvalue weighted by atomic mass is 9.86. The summed E-state index contributed by atoms with van der Waals surface area (Å²) in [7, 11) is 0. The van der Waals surface area contributed by atoms with Crippen LogP contribution in [0.1, 0.15) is 68.1 Å². The van der Waals surface area contributed by atoms with Gasteiger partial charge in [0.1, 0.15) is 17.7 Å². The molecule has 0 N–H and O–H groups in total. The maximum atomic E-state index is 12.8. The van der Waals surface area contributed by atoms with E-state index in [1.54, 1.807) is 29.3 Å². The summed E-state index contributed by atoms with van der Waals surface area (Å²) in [6.45, 7) is 6.03. The molecule has 2 unspecified atom stereocenters. The number of nitriles is 2. The lowest BCUT2D eigenvalue weighted by molar-refractivity contribution is 0.00696. The average Bonchev–Trinajstić information content (AvgIpc) is 2.72. The predicted octanol–water partition coefficient (Wildman–Crippen LogP) is 4.08. The molecule has 0 spiro atoms. The molecule has 1 fully saturated rings. The largest absolute Gasteiger partial charge is 0.444 e. The summed E-state index contributed by atoms with van der Waals surface area (Å²) in [5.74, 6) is 0.129. The summed E-state index contributed by atoms with van der Waals surface area (Å²) in [5.41, 5.74) is 2.01. The number of likely N-dealkylation sites (tertiary alicyclic amines) is 1. The van der Waals surface area contributed by atoms with Gasteiger partial charge in [-0.3, -0.25) is 14.9 Å². The topological polar surface area (TPSA) is 103 Å². The van der Waals surface area contributed by atoms with Gasteiger partial charge in [0.25, 0.3) is 0 Å². The molecule has 2 atom stereocenters. The van der Waals surface area contributed by atoms with E-state index in [0.29, 0.717) is 29.8 Å². The van der Waals surface area contributed by atoms with E-state index in [0.717, 1.165) is 12.1 Å². The maximum absolute atomic E-state index is 12.8. The van der Waals surface area contributed by atoms with Crippen LogP contribution < -0.4 is 0 Å². The van der Waals surface area contributed by atoms with Crippen molar-refractivity contribution >= 4 is 6.09 Å². The van der Waals surface area contributed by atoms with Gasteiger partial charge in [-0.15, -0.1) is 0 Å². The second-order valence-electron chi connectivity index (χ2n) is 8.08. The predicted molar refractivity (Wildman–Crippen MR) is 106 cm³/mol. The van der Waals surface area contributed by atoms with Gasteiger partial charge in [0, 0.05) is 30.6 Å². The van der Waals surface area contributed by atoms with E-state index in [2.05, 4.69) is 22.1 Å². The zero-order chi connectivity index (χ0) is 21.0. The quantitative estimate of drug-likeness (QED) is 0.767. The summed E-state index contributed by atoms with van der Waals surface area (Å²) >= 11 is 0. The van der Waals surface area contributed by atoms with Crippen molar-refractivity contribution in [1.29, 1.82) is 10.5 Å². The van der Waals surface area contributed by atoms with Gasteiger partial charge in [0.05, 0.1) is 22.9 Å². The van der Waals surface area contributed by atoms with E-state index in [9.17, 15) is 4.79 Å².